The van der Waals surface area contributed by atoms with Crippen LogP contribution < -0.4 is 21.5 Å². The summed E-state index contributed by atoms with van der Waals surface area (Å²) < 4.78 is 16.7. The van der Waals surface area contributed by atoms with Gasteiger partial charge in [-0.25, -0.2) is 4.79 Å². The molecule has 2 aromatic heterocycles. The first-order valence-corrected chi connectivity index (χ1v) is 12.9. The van der Waals surface area contributed by atoms with Crippen LogP contribution in [0.4, 0.5) is 11.5 Å². The number of hydrogen-bond donors (Lipinski definition) is 3. The number of aromatic amines is 1. The number of nitrogen functional groups attached to an aromatic ring is 1. The van der Waals surface area contributed by atoms with Gasteiger partial charge >= 0.3 is 17.7 Å². The molecule has 0 bridgehead atoms. The van der Waals surface area contributed by atoms with E-state index < -0.39 is 0 Å². The third kappa shape index (κ3) is 7.54. The maximum Gasteiger partial charge on any atom is 0.327 e. The standard InChI is InChI=1S/C26H35N7O6/c1-37-12-13-39-25-30-23(27)22-24(31-25)33(26(36)29-22)11-8-17-6-9-32(10-7-17)16-20(34)28-19-5-3-4-18(14-19)15-21(35)38-2/h3-5,14,17H,6-13,15-16H2,1-2H3,(H,28,34)(H,29,36)(H2,27,30,31). The van der Waals surface area contributed by atoms with Crippen molar-refractivity contribution in [2.75, 3.05) is 58.1 Å². The zero-order valence-electron chi connectivity index (χ0n) is 22.3. The fourth-order valence-electron chi connectivity index (χ4n) is 4.67. The summed E-state index contributed by atoms with van der Waals surface area (Å²) in [5.41, 5.74) is 7.98. The Bertz CT molecular complexity index is 1350. The van der Waals surface area contributed by atoms with Gasteiger partial charge in [0.2, 0.25) is 5.91 Å². The summed E-state index contributed by atoms with van der Waals surface area (Å²) >= 11 is 0. The summed E-state index contributed by atoms with van der Waals surface area (Å²) in [4.78, 5) is 50.1. The van der Waals surface area contributed by atoms with Crippen LogP contribution in [0, 0.1) is 5.92 Å². The number of carbonyl (C=O) groups excluding carboxylic acids is 2. The average Bonchev–Trinajstić information content (AvgIpc) is 3.24. The van der Waals surface area contributed by atoms with E-state index in [1.807, 2.05) is 6.07 Å². The van der Waals surface area contributed by atoms with Crippen LogP contribution >= 0.6 is 0 Å². The van der Waals surface area contributed by atoms with Crippen molar-refractivity contribution in [2.45, 2.75) is 32.2 Å². The fourth-order valence-corrected chi connectivity index (χ4v) is 4.67. The fraction of sp³-hybridized carbons (Fsp3) is 0.500. The number of fused-ring (bicyclic) bond motifs is 1. The summed E-state index contributed by atoms with van der Waals surface area (Å²) in [6.07, 6.45) is 2.79. The Balaban J connectivity index is 1.27. The van der Waals surface area contributed by atoms with E-state index >= 15 is 0 Å². The number of nitrogens with zero attached hydrogens (tertiary/aromatic N) is 4. The summed E-state index contributed by atoms with van der Waals surface area (Å²) in [7, 11) is 2.92. The number of carbonyl (C=O) groups is 2. The number of methoxy groups -OCH3 is 2. The second-order valence-corrected chi connectivity index (χ2v) is 9.52. The Morgan fingerprint density at radius 1 is 1.18 bits per heavy atom. The lowest BCUT2D eigenvalue weighted by Crippen LogP contribution is -2.39. The molecule has 39 heavy (non-hydrogen) atoms. The van der Waals surface area contributed by atoms with E-state index in [-0.39, 0.29) is 49.0 Å². The first kappa shape index (κ1) is 28.0. The minimum atomic E-state index is -0.329. The summed E-state index contributed by atoms with van der Waals surface area (Å²) in [6.45, 7) is 3.00. The third-order valence-electron chi connectivity index (χ3n) is 6.77. The van der Waals surface area contributed by atoms with E-state index in [0.717, 1.165) is 37.9 Å². The number of esters is 1. The normalized spacial score (nSPS) is 14.4. The van der Waals surface area contributed by atoms with Crippen molar-refractivity contribution in [1.82, 2.24) is 24.4 Å². The predicted octanol–water partition coefficient (Wildman–Crippen LogP) is 1.18. The molecule has 1 amide bonds. The highest BCUT2D eigenvalue weighted by atomic mass is 16.5. The van der Waals surface area contributed by atoms with Gasteiger partial charge in [0.15, 0.2) is 11.5 Å². The molecule has 13 heteroatoms. The first-order chi connectivity index (χ1) is 18.9. The molecule has 0 unspecified atom stereocenters. The van der Waals surface area contributed by atoms with Gasteiger partial charge in [-0.15, -0.1) is 0 Å². The smallest absolute Gasteiger partial charge is 0.327 e. The molecule has 4 rings (SSSR count). The Kier molecular flexibility index (Phi) is 9.49. The monoisotopic (exact) mass is 541 g/mol. The van der Waals surface area contributed by atoms with Crippen molar-refractivity contribution in [2.24, 2.45) is 5.92 Å². The molecule has 0 atom stereocenters. The highest BCUT2D eigenvalue weighted by Gasteiger charge is 2.22. The number of nitrogens with one attached hydrogen (secondary N) is 2. The summed E-state index contributed by atoms with van der Waals surface area (Å²) in [5, 5.41) is 2.91. The molecule has 13 nitrogen and oxygen atoms in total. The molecule has 4 N–H and O–H groups in total. The lowest BCUT2D eigenvalue weighted by molar-refractivity contribution is -0.139. The molecule has 0 spiro atoms. The van der Waals surface area contributed by atoms with Crippen molar-refractivity contribution in [3.05, 3.63) is 40.3 Å². The van der Waals surface area contributed by atoms with Crippen LogP contribution in [-0.2, 0) is 32.0 Å². The zero-order chi connectivity index (χ0) is 27.8. The Morgan fingerprint density at radius 2 is 1.97 bits per heavy atom. The molecule has 1 aliphatic heterocycles. The minimum absolute atomic E-state index is 0.102. The number of imidazole rings is 1. The first-order valence-electron chi connectivity index (χ1n) is 12.9. The molecule has 0 radical (unpaired) electrons. The largest absolute Gasteiger partial charge is 0.469 e. The highest BCUT2D eigenvalue weighted by Crippen LogP contribution is 2.23. The van der Waals surface area contributed by atoms with Crippen molar-refractivity contribution >= 4 is 34.5 Å². The second-order valence-electron chi connectivity index (χ2n) is 9.52. The van der Waals surface area contributed by atoms with Gasteiger partial charge in [-0.05, 0) is 56.0 Å². The number of benzene rings is 1. The number of anilines is 2. The van der Waals surface area contributed by atoms with E-state index in [1.54, 1.807) is 29.9 Å². The van der Waals surface area contributed by atoms with Gasteiger partial charge in [0, 0.05) is 19.3 Å². The van der Waals surface area contributed by atoms with Crippen LogP contribution in [0.3, 0.4) is 0 Å². The number of piperidine rings is 1. The van der Waals surface area contributed by atoms with E-state index in [1.165, 1.54) is 7.11 Å². The molecule has 3 heterocycles. The molecule has 1 saturated heterocycles. The van der Waals surface area contributed by atoms with E-state index in [9.17, 15) is 14.4 Å². The number of rotatable bonds is 12. The Hall–Kier alpha value is -3.97. The maximum atomic E-state index is 12.6. The predicted molar refractivity (Wildman–Crippen MR) is 145 cm³/mol. The molecule has 3 aromatic rings. The highest BCUT2D eigenvalue weighted by molar-refractivity contribution is 5.92. The molecule has 210 valence electrons. The van der Waals surface area contributed by atoms with Crippen LogP contribution in [0.25, 0.3) is 11.2 Å². The Morgan fingerprint density at radius 3 is 2.72 bits per heavy atom. The number of H-pyrrole nitrogens is 1. The van der Waals surface area contributed by atoms with Crippen molar-refractivity contribution in [3.63, 3.8) is 0 Å². The van der Waals surface area contributed by atoms with Crippen molar-refractivity contribution in [3.8, 4) is 6.01 Å². The van der Waals surface area contributed by atoms with Crippen molar-refractivity contribution in [1.29, 1.82) is 0 Å². The minimum Gasteiger partial charge on any atom is -0.469 e. The lowest BCUT2D eigenvalue weighted by atomic mass is 9.93. The molecule has 0 saturated carbocycles. The molecule has 0 aliphatic carbocycles. The zero-order valence-corrected chi connectivity index (χ0v) is 22.3. The molecule has 1 fully saturated rings. The quantitative estimate of drug-likeness (QED) is 0.224. The van der Waals surface area contributed by atoms with Gasteiger partial charge in [0.05, 0.1) is 26.7 Å². The third-order valence-corrected chi connectivity index (χ3v) is 6.77. The number of hydrogen-bond acceptors (Lipinski definition) is 10. The van der Waals surface area contributed by atoms with Crippen molar-refractivity contribution < 1.29 is 23.8 Å². The lowest BCUT2D eigenvalue weighted by Gasteiger charge is -2.31. The van der Waals surface area contributed by atoms with Crippen LogP contribution in [0.1, 0.15) is 24.8 Å². The SMILES string of the molecule is COCCOc1nc(N)c2[nH]c(=O)n(CCC3CCN(CC(=O)Nc4cccc(CC(=O)OC)c4)CC3)c2n1. The van der Waals surface area contributed by atoms with Gasteiger partial charge in [-0.2, -0.15) is 9.97 Å². The van der Waals surface area contributed by atoms with Gasteiger partial charge in [0.1, 0.15) is 12.1 Å². The number of aromatic nitrogens is 4. The number of amides is 1. The number of aryl methyl sites for hydroxylation is 1. The maximum absolute atomic E-state index is 12.6. The van der Waals surface area contributed by atoms with Gasteiger partial charge < -0.3 is 30.2 Å². The van der Waals surface area contributed by atoms with Gasteiger partial charge in [-0.3, -0.25) is 19.1 Å². The number of likely N-dealkylation sites (tertiary alicyclic amines) is 1. The van der Waals surface area contributed by atoms with E-state index in [4.69, 9.17) is 19.9 Å². The molecule has 1 aliphatic rings. The molecule has 1 aromatic carbocycles. The average molecular weight is 542 g/mol. The summed E-state index contributed by atoms with van der Waals surface area (Å²) in [6, 6.07) is 7.30. The van der Waals surface area contributed by atoms with Crippen LogP contribution in [0.15, 0.2) is 29.1 Å². The molecular weight excluding hydrogens is 506 g/mol. The summed E-state index contributed by atoms with van der Waals surface area (Å²) in [5.74, 6) is 0.137. The van der Waals surface area contributed by atoms with Crippen LogP contribution in [0.5, 0.6) is 6.01 Å². The van der Waals surface area contributed by atoms with Crippen LogP contribution in [-0.4, -0.2) is 83.4 Å². The number of ether oxygens (including phenoxy) is 3. The number of nitrogens with two attached hydrogens (primary N) is 1. The van der Waals surface area contributed by atoms with E-state index in [2.05, 4.69) is 25.2 Å². The topological polar surface area (TPSA) is 167 Å². The van der Waals surface area contributed by atoms with E-state index in [0.29, 0.717) is 35.9 Å². The van der Waals surface area contributed by atoms with Gasteiger partial charge in [-0.1, -0.05) is 12.1 Å². The Labute approximate surface area is 225 Å². The molecular formula is C26H35N7O6. The van der Waals surface area contributed by atoms with Gasteiger partial charge in [0.25, 0.3) is 0 Å². The van der Waals surface area contributed by atoms with Crippen LogP contribution in [0.2, 0.25) is 0 Å². The second kappa shape index (κ2) is 13.2.